The molecule has 1 fully saturated rings. The normalized spacial score (nSPS) is 16.0. The second-order valence-corrected chi connectivity index (χ2v) is 9.62. The molecular weight excluding hydrogens is 458 g/mol. The first kappa shape index (κ1) is 21.8. The highest BCUT2D eigenvalue weighted by atomic mass is 15.3. The molecule has 0 unspecified atom stereocenters. The molecule has 7 heteroatoms. The Bertz CT molecular complexity index is 1610. The molecule has 2 aliphatic rings. The fraction of sp³-hybridized carbons (Fsp3) is 0.167. The fourth-order valence-corrected chi connectivity index (χ4v) is 5.11. The first-order valence-electron chi connectivity index (χ1n) is 12.6. The Morgan fingerprint density at radius 1 is 0.784 bits per heavy atom. The SMILES string of the molecule is c1ccc(-c2cn3ccnc3nc2-c2ccc(CN3CC(C4=NN=C(c5ccccn5)C4)C3)cc2)cc1. The number of likely N-dealkylation sites (tertiary alicyclic amines) is 1. The standard InChI is InChI=1S/C30H25N7/c1-2-6-22(7-3-1)25-20-37-15-14-32-30(37)33-29(25)23-11-9-21(10-12-23)17-36-18-24(19-36)27-16-28(35-34-27)26-8-4-5-13-31-26/h1-15,20,24H,16-19H2. The maximum atomic E-state index is 4.89. The molecule has 0 bridgehead atoms. The van der Waals surface area contributed by atoms with Crippen LogP contribution in [-0.4, -0.2) is 48.8 Å². The third-order valence-corrected chi connectivity index (χ3v) is 7.14. The number of hydrogen-bond acceptors (Lipinski definition) is 6. The molecule has 3 aromatic heterocycles. The predicted octanol–water partition coefficient (Wildman–Crippen LogP) is 5.14. The molecule has 2 aromatic carbocycles. The minimum absolute atomic E-state index is 0.475. The van der Waals surface area contributed by atoms with Gasteiger partial charge in [0.1, 0.15) is 0 Å². The van der Waals surface area contributed by atoms with Crippen molar-refractivity contribution < 1.29 is 0 Å². The summed E-state index contributed by atoms with van der Waals surface area (Å²) >= 11 is 0. The van der Waals surface area contributed by atoms with Crippen LogP contribution in [0.25, 0.3) is 28.2 Å². The zero-order chi connectivity index (χ0) is 24.6. The lowest BCUT2D eigenvalue weighted by Gasteiger charge is -2.39. The van der Waals surface area contributed by atoms with Crippen molar-refractivity contribution in [2.24, 2.45) is 16.1 Å². The fourth-order valence-electron chi connectivity index (χ4n) is 5.11. The molecule has 180 valence electrons. The minimum Gasteiger partial charge on any atom is -0.298 e. The average molecular weight is 484 g/mol. The maximum absolute atomic E-state index is 4.89. The minimum atomic E-state index is 0.475. The molecule has 0 N–H and O–H groups in total. The van der Waals surface area contributed by atoms with Crippen LogP contribution in [-0.2, 0) is 6.54 Å². The third kappa shape index (κ3) is 4.23. The van der Waals surface area contributed by atoms with Crippen LogP contribution in [0.3, 0.4) is 0 Å². The van der Waals surface area contributed by atoms with E-state index in [1.54, 1.807) is 12.4 Å². The van der Waals surface area contributed by atoms with Crippen molar-refractivity contribution in [1.82, 2.24) is 24.3 Å². The Balaban J connectivity index is 1.03. The van der Waals surface area contributed by atoms with Crippen molar-refractivity contribution in [2.75, 3.05) is 13.1 Å². The number of benzene rings is 2. The summed E-state index contributed by atoms with van der Waals surface area (Å²) in [7, 11) is 0. The Morgan fingerprint density at radius 2 is 1.62 bits per heavy atom. The number of aromatic nitrogens is 4. The summed E-state index contributed by atoms with van der Waals surface area (Å²) in [6, 6.07) is 25.1. The zero-order valence-electron chi connectivity index (χ0n) is 20.3. The van der Waals surface area contributed by atoms with Crippen LogP contribution in [0.5, 0.6) is 0 Å². The van der Waals surface area contributed by atoms with E-state index in [2.05, 4.69) is 79.8 Å². The molecule has 0 spiro atoms. The lowest BCUT2D eigenvalue weighted by Crippen LogP contribution is -2.49. The van der Waals surface area contributed by atoms with Crippen LogP contribution in [0.15, 0.2) is 108 Å². The quantitative estimate of drug-likeness (QED) is 0.335. The smallest absolute Gasteiger partial charge is 0.234 e. The van der Waals surface area contributed by atoms with E-state index >= 15 is 0 Å². The van der Waals surface area contributed by atoms with Gasteiger partial charge in [0.25, 0.3) is 0 Å². The summed E-state index contributed by atoms with van der Waals surface area (Å²) in [5.41, 5.74) is 8.65. The molecule has 2 aliphatic heterocycles. The first-order chi connectivity index (χ1) is 18.3. The molecule has 7 nitrogen and oxygen atoms in total. The van der Waals surface area contributed by atoms with Crippen molar-refractivity contribution in [2.45, 2.75) is 13.0 Å². The molecule has 0 radical (unpaired) electrons. The Hall–Kier alpha value is -4.49. The van der Waals surface area contributed by atoms with Gasteiger partial charge in [-0.25, -0.2) is 9.97 Å². The van der Waals surface area contributed by atoms with Gasteiger partial charge in [-0.15, -0.1) is 0 Å². The van der Waals surface area contributed by atoms with Gasteiger partial charge in [0.2, 0.25) is 5.78 Å². The van der Waals surface area contributed by atoms with E-state index in [0.717, 1.165) is 59.8 Å². The summed E-state index contributed by atoms with van der Waals surface area (Å²) in [5.74, 6) is 1.18. The molecule has 0 saturated carbocycles. The second-order valence-electron chi connectivity index (χ2n) is 9.62. The van der Waals surface area contributed by atoms with Crippen molar-refractivity contribution in [1.29, 1.82) is 0 Å². The van der Waals surface area contributed by atoms with Crippen LogP contribution >= 0.6 is 0 Å². The lowest BCUT2D eigenvalue weighted by atomic mass is 9.90. The largest absolute Gasteiger partial charge is 0.298 e. The number of nitrogens with zero attached hydrogens (tertiary/aromatic N) is 7. The van der Waals surface area contributed by atoms with E-state index < -0.39 is 0 Å². The average Bonchev–Trinajstić information content (AvgIpc) is 3.61. The van der Waals surface area contributed by atoms with Gasteiger partial charge in [0.05, 0.1) is 22.8 Å². The van der Waals surface area contributed by atoms with Gasteiger partial charge in [-0.3, -0.25) is 14.3 Å². The van der Waals surface area contributed by atoms with E-state index in [4.69, 9.17) is 4.98 Å². The third-order valence-electron chi connectivity index (χ3n) is 7.14. The van der Waals surface area contributed by atoms with Crippen molar-refractivity contribution in [3.05, 3.63) is 109 Å². The summed E-state index contributed by atoms with van der Waals surface area (Å²) in [6.07, 6.45) is 8.45. The second kappa shape index (κ2) is 9.19. The van der Waals surface area contributed by atoms with E-state index in [1.165, 1.54) is 11.3 Å². The Labute approximate surface area is 214 Å². The van der Waals surface area contributed by atoms with Gasteiger partial charge in [-0.05, 0) is 23.3 Å². The molecule has 0 atom stereocenters. The van der Waals surface area contributed by atoms with Gasteiger partial charge in [0.15, 0.2) is 0 Å². The molecule has 1 saturated heterocycles. The van der Waals surface area contributed by atoms with Crippen LogP contribution in [0.2, 0.25) is 0 Å². The molecule has 37 heavy (non-hydrogen) atoms. The topological polar surface area (TPSA) is 71.0 Å². The van der Waals surface area contributed by atoms with E-state index in [0.29, 0.717) is 11.7 Å². The molecule has 7 rings (SSSR count). The van der Waals surface area contributed by atoms with Gasteiger partial charge < -0.3 is 0 Å². The summed E-state index contributed by atoms with van der Waals surface area (Å²) in [5, 5.41) is 8.87. The lowest BCUT2D eigenvalue weighted by molar-refractivity contribution is 0.133. The Morgan fingerprint density at radius 3 is 2.43 bits per heavy atom. The zero-order valence-corrected chi connectivity index (χ0v) is 20.3. The highest BCUT2D eigenvalue weighted by Gasteiger charge is 2.33. The number of hydrogen-bond donors (Lipinski definition) is 0. The van der Waals surface area contributed by atoms with Gasteiger partial charge in [-0.1, -0.05) is 60.7 Å². The van der Waals surface area contributed by atoms with Gasteiger partial charge >= 0.3 is 0 Å². The van der Waals surface area contributed by atoms with E-state index in [-0.39, 0.29) is 0 Å². The summed E-state index contributed by atoms with van der Waals surface area (Å²) < 4.78 is 1.97. The number of rotatable bonds is 6. The van der Waals surface area contributed by atoms with Gasteiger partial charge in [-0.2, -0.15) is 10.2 Å². The monoisotopic (exact) mass is 483 g/mol. The van der Waals surface area contributed by atoms with Crippen molar-refractivity contribution in [3.63, 3.8) is 0 Å². The molecule has 0 amide bonds. The van der Waals surface area contributed by atoms with E-state index in [1.807, 2.05) is 34.9 Å². The van der Waals surface area contributed by atoms with Crippen LogP contribution in [0.1, 0.15) is 17.7 Å². The molecular formula is C30H25N7. The highest BCUT2D eigenvalue weighted by Crippen LogP contribution is 2.31. The summed E-state index contributed by atoms with van der Waals surface area (Å²) in [6.45, 7) is 2.96. The summed E-state index contributed by atoms with van der Waals surface area (Å²) in [4.78, 5) is 16.2. The highest BCUT2D eigenvalue weighted by molar-refractivity contribution is 6.15. The van der Waals surface area contributed by atoms with Gasteiger partial charge in [0, 0.05) is 67.9 Å². The van der Waals surface area contributed by atoms with Crippen LogP contribution in [0, 0.1) is 5.92 Å². The van der Waals surface area contributed by atoms with Crippen LogP contribution < -0.4 is 0 Å². The number of pyridine rings is 1. The van der Waals surface area contributed by atoms with Crippen molar-refractivity contribution in [3.8, 4) is 22.4 Å². The number of imidazole rings is 1. The first-order valence-corrected chi connectivity index (χ1v) is 12.6. The van der Waals surface area contributed by atoms with Crippen LogP contribution in [0.4, 0.5) is 0 Å². The molecule has 5 aromatic rings. The number of fused-ring (bicyclic) bond motifs is 1. The van der Waals surface area contributed by atoms with Crippen molar-refractivity contribution >= 4 is 17.2 Å². The molecule has 5 heterocycles. The maximum Gasteiger partial charge on any atom is 0.234 e. The predicted molar refractivity (Wildman–Crippen MR) is 145 cm³/mol. The molecule has 0 aliphatic carbocycles. The van der Waals surface area contributed by atoms with E-state index in [9.17, 15) is 0 Å². The Kier molecular flexibility index (Phi) is 5.40.